The number of anilines is 1. The average Bonchev–Trinajstić information content (AvgIpc) is 2.68. The van der Waals surface area contributed by atoms with Crippen LogP contribution in [0.4, 0.5) is 5.69 Å². The molecule has 5 heteroatoms. The zero-order chi connectivity index (χ0) is 17.5. The number of carbonyl (C=O) groups is 1. The first kappa shape index (κ1) is 16.6. The van der Waals surface area contributed by atoms with E-state index in [1.54, 1.807) is 31.6 Å². The highest BCUT2D eigenvalue weighted by atomic mass is 16.5. The van der Waals surface area contributed by atoms with Crippen LogP contribution in [-0.4, -0.2) is 23.4 Å². The first-order valence-electron chi connectivity index (χ1n) is 7.98. The number of aromatic nitrogens is 2. The van der Waals surface area contributed by atoms with Crippen LogP contribution < -0.4 is 9.64 Å². The van der Waals surface area contributed by atoms with Crippen LogP contribution >= 0.6 is 0 Å². The smallest absolute Gasteiger partial charge is 0.150 e. The number of aldehydes is 1. The van der Waals surface area contributed by atoms with E-state index >= 15 is 0 Å². The lowest BCUT2D eigenvalue weighted by atomic mass is 10.1. The maximum atomic E-state index is 11.0. The van der Waals surface area contributed by atoms with Crippen LogP contribution in [0.3, 0.4) is 0 Å². The largest absolute Gasteiger partial charge is 0.495 e. The van der Waals surface area contributed by atoms with Gasteiger partial charge in [0.2, 0.25) is 0 Å². The minimum Gasteiger partial charge on any atom is -0.495 e. The van der Waals surface area contributed by atoms with Gasteiger partial charge < -0.3 is 9.64 Å². The Morgan fingerprint density at radius 2 is 1.60 bits per heavy atom. The molecule has 0 aliphatic heterocycles. The Hall–Kier alpha value is -3.21. The molecule has 2 aromatic heterocycles. The van der Waals surface area contributed by atoms with Gasteiger partial charge in [0.1, 0.15) is 12.0 Å². The molecule has 0 spiro atoms. The van der Waals surface area contributed by atoms with E-state index in [1.165, 1.54) is 0 Å². The normalized spacial score (nSPS) is 10.3. The molecule has 0 saturated heterocycles. The molecule has 2 heterocycles. The van der Waals surface area contributed by atoms with E-state index in [4.69, 9.17) is 4.74 Å². The van der Waals surface area contributed by atoms with E-state index in [2.05, 4.69) is 14.9 Å². The van der Waals surface area contributed by atoms with Crippen molar-refractivity contribution >= 4 is 12.0 Å². The van der Waals surface area contributed by atoms with Gasteiger partial charge in [-0.3, -0.25) is 14.8 Å². The molecule has 0 N–H and O–H groups in total. The summed E-state index contributed by atoms with van der Waals surface area (Å²) in [6, 6.07) is 17.1. The third kappa shape index (κ3) is 4.20. The summed E-state index contributed by atoms with van der Waals surface area (Å²) in [6.45, 7) is 1.21. The van der Waals surface area contributed by atoms with Crippen molar-refractivity contribution in [2.75, 3.05) is 12.0 Å². The fraction of sp³-hybridized carbons (Fsp3) is 0.150. The summed E-state index contributed by atoms with van der Waals surface area (Å²) in [6.07, 6.45) is 4.37. The highest BCUT2D eigenvalue weighted by molar-refractivity contribution is 5.78. The van der Waals surface area contributed by atoms with Crippen molar-refractivity contribution in [3.05, 3.63) is 83.9 Å². The van der Waals surface area contributed by atoms with Gasteiger partial charge in [0.05, 0.1) is 37.3 Å². The fourth-order valence-electron chi connectivity index (χ4n) is 2.63. The number of carbonyl (C=O) groups excluding carboxylic acids is 1. The number of ether oxygens (including phenoxy) is 1. The third-order valence-corrected chi connectivity index (χ3v) is 3.84. The molecular weight excluding hydrogens is 314 g/mol. The predicted molar refractivity (Wildman–Crippen MR) is 96.7 cm³/mol. The monoisotopic (exact) mass is 333 g/mol. The van der Waals surface area contributed by atoms with Gasteiger partial charge >= 0.3 is 0 Å². The second-order valence-corrected chi connectivity index (χ2v) is 5.55. The number of hydrogen-bond acceptors (Lipinski definition) is 5. The van der Waals surface area contributed by atoms with E-state index in [9.17, 15) is 4.79 Å². The molecule has 126 valence electrons. The number of rotatable bonds is 7. The highest BCUT2D eigenvalue weighted by Crippen LogP contribution is 2.31. The molecule has 0 atom stereocenters. The Kier molecular flexibility index (Phi) is 5.36. The molecule has 3 rings (SSSR count). The number of benzene rings is 1. The predicted octanol–water partition coefficient (Wildman–Crippen LogP) is 3.50. The summed E-state index contributed by atoms with van der Waals surface area (Å²) in [7, 11) is 1.60. The second-order valence-electron chi connectivity index (χ2n) is 5.55. The minimum atomic E-state index is 0.580. The average molecular weight is 333 g/mol. The van der Waals surface area contributed by atoms with Gasteiger partial charge in [0.15, 0.2) is 0 Å². The lowest BCUT2D eigenvalue weighted by Crippen LogP contribution is -2.23. The van der Waals surface area contributed by atoms with Gasteiger partial charge in [0, 0.05) is 18.0 Å². The first-order valence-corrected chi connectivity index (χ1v) is 7.98. The van der Waals surface area contributed by atoms with E-state index in [0.717, 1.165) is 23.4 Å². The van der Waals surface area contributed by atoms with E-state index < -0.39 is 0 Å². The molecular formula is C20H19N3O2. The second kappa shape index (κ2) is 8.06. The van der Waals surface area contributed by atoms with Crippen LogP contribution in [0, 0.1) is 0 Å². The lowest BCUT2D eigenvalue weighted by Gasteiger charge is -2.26. The Morgan fingerprint density at radius 1 is 0.960 bits per heavy atom. The Bertz CT molecular complexity index is 781. The number of nitrogens with zero attached hydrogens (tertiary/aromatic N) is 3. The van der Waals surface area contributed by atoms with Crippen molar-refractivity contribution < 1.29 is 9.53 Å². The van der Waals surface area contributed by atoms with Crippen LogP contribution in [0.2, 0.25) is 0 Å². The van der Waals surface area contributed by atoms with Crippen LogP contribution in [0.15, 0.2) is 67.0 Å². The molecule has 1 aromatic carbocycles. The summed E-state index contributed by atoms with van der Waals surface area (Å²) < 4.78 is 5.50. The Morgan fingerprint density at radius 3 is 2.08 bits per heavy atom. The van der Waals surface area contributed by atoms with Crippen molar-refractivity contribution in [2.24, 2.45) is 0 Å². The van der Waals surface area contributed by atoms with E-state index in [-0.39, 0.29) is 0 Å². The van der Waals surface area contributed by atoms with E-state index in [1.807, 2.05) is 42.5 Å². The van der Waals surface area contributed by atoms with Crippen LogP contribution in [0.25, 0.3) is 0 Å². The maximum absolute atomic E-state index is 11.0. The van der Waals surface area contributed by atoms with Gasteiger partial charge in [-0.2, -0.15) is 0 Å². The molecule has 0 unspecified atom stereocenters. The third-order valence-electron chi connectivity index (χ3n) is 3.84. The quantitative estimate of drug-likeness (QED) is 0.619. The summed E-state index contributed by atoms with van der Waals surface area (Å²) >= 11 is 0. The zero-order valence-electron chi connectivity index (χ0n) is 14.0. The summed E-state index contributed by atoms with van der Waals surface area (Å²) in [5.74, 6) is 0.650. The molecule has 0 bridgehead atoms. The maximum Gasteiger partial charge on any atom is 0.150 e. The Labute approximate surface area is 146 Å². The zero-order valence-corrected chi connectivity index (χ0v) is 14.0. The molecule has 0 saturated carbocycles. The molecule has 5 nitrogen and oxygen atoms in total. The molecule has 0 aliphatic rings. The standard InChI is InChI=1S/C20H19N3O2/c1-25-20-12-16(15-24)8-9-19(20)23(13-17-6-2-4-10-21-17)14-18-7-3-5-11-22-18/h2-12,15H,13-14H2,1H3. The van der Waals surface area contributed by atoms with Gasteiger partial charge in [-0.25, -0.2) is 0 Å². The topological polar surface area (TPSA) is 55.3 Å². The van der Waals surface area contributed by atoms with Gasteiger partial charge in [-0.15, -0.1) is 0 Å². The summed E-state index contributed by atoms with van der Waals surface area (Å²) in [5.41, 5.74) is 3.36. The number of hydrogen-bond donors (Lipinski definition) is 0. The number of pyridine rings is 2. The van der Waals surface area contributed by atoms with E-state index in [0.29, 0.717) is 24.4 Å². The molecule has 3 aromatic rings. The van der Waals surface area contributed by atoms with Gasteiger partial charge in [-0.1, -0.05) is 12.1 Å². The lowest BCUT2D eigenvalue weighted by molar-refractivity contribution is 0.112. The molecule has 0 radical (unpaired) electrons. The molecule has 0 amide bonds. The van der Waals surface area contributed by atoms with Crippen molar-refractivity contribution in [1.82, 2.24) is 9.97 Å². The molecule has 0 aliphatic carbocycles. The van der Waals surface area contributed by atoms with Crippen molar-refractivity contribution in [3.63, 3.8) is 0 Å². The molecule has 0 fully saturated rings. The Balaban J connectivity index is 1.96. The van der Waals surface area contributed by atoms with Crippen molar-refractivity contribution in [3.8, 4) is 5.75 Å². The van der Waals surface area contributed by atoms with Gasteiger partial charge in [-0.05, 0) is 42.5 Å². The van der Waals surface area contributed by atoms with Gasteiger partial charge in [0.25, 0.3) is 0 Å². The summed E-state index contributed by atoms with van der Waals surface area (Å²) in [4.78, 5) is 22.0. The van der Waals surface area contributed by atoms with Crippen LogP contribution in [-0.2, 0) is 13.1 Å². The van der Waals surface area contributed by atoms with Crippen LogP contribution in [0.1, 0.15) is 21.7 Å². The number of methoxy groups -OCH3 is 1. The van der Waals surface area contributed by atoms with Crippen molar-refractivity contribution in [2.45, 2.75) is 13.1 Å². The molecule has 25 heavy (non-hydrogen) atoms. The minimum absolute atomic E-state index is 0.580. The summed E-state index contributed by atoms with van der Waals surface area (Å²) in [5, 5.41) is 0. The van der Waals surface area contributed by atoms with Crippen LogP contribution in [0.5, 0.6) is 5.75 Å². The highest BCUT2D eigenvalue weighted by Gasteiger charge is 2.15. The van der Waals surface area contributed by atoms with Crippen molar-refractivity contribution in [1.29, 1.82) is 0 Å². The SMILES string of the molecule is COc1cc(C=O)ccc1N(Cc1ccccn1)Cc1ccccn1. The first-order chi connectivity index (χ1) is 12.3. The fourth-order valence-corrected chi connectivity index (χ4v) is 2.63.